The average molecular weight is 465 g/mol. The third-order valence-corrected chi connectivity index (χ3v) is 6.89. The van der Waals surface area contributed by atoms with E-state index >= 15 is 0 Å². The van der Waals surface area contributed by atoms with Crippen molar-refractivity contribution in [2.24, 2.45) is 5.92 Å². The summed E-state index contributed by atoms with van der Waals surface area (Å²) >= 11 is 0. The Kier molecular flexibility index (Phi) is 7.63. The van der Waals surface area contributed by atoms with Crippen LogP contribution in [0.4, 0.5) is 0 Å². The molecule has 2 saturated heterocycles. The molecule has 2 aliphatic heterocycles. The molecule has 1 amide bonds. The van der Waals surface area contributed by atoms with Gasteiger partial charge in [0.15, 0.2) is 5.78 Å². The molecular weight excluding hydrogens is 432 g/mol. The number of ketones is 1. The van der Waals surface area contributed by atoms with Crippen molar-refractivity contribution >= 4 is 17.7 Å². The van der Waals surface area contributed by atoms with E-state index in [1.54, 1.807) is 7.11 Å². The molecular formula is C27H32N2O5. The maximum Gasteiger partial charge on any atom is 0.302 e. The highest BCUT2D eigenvalue weighted by atomic mass is 16.5. The Labute approximate surface area is 200 Å². The quantitative estimate of drug-likeness (QED) is 0.482. The number of rotatable bonds is 6. The lowest BCUT2D eigenvalue weighted by molar-refractivity contribution is -0.153. The Morgan fingerprint density at radius 2 is 1.53 bits per heavy atom. The maximum atomic E-state index is 13.0. The van der Waals surface area contributed by atoms with Crippen LogP contribution in [0.15, 0.2) is 54.6 Å². The van der Waals surface area contributed by atoms with Crippen LogP contribution in [-0.2, 0) is 9.53 Å². The van der Waals surface area contributed by atoms with Crippen LogP contribution >= 0.6 is 0 Å². The second kappa shape index (κ2) is 10.8. The molecule has 2 heterocycles. The SMILES string of the molecule is COc1ccc(C(=O)C2CCN(C3CN(C(=O)c4ccccc4)CCC3OC(C)=O)CC2)cc1. The van der Waals surface area contributed by atoms with Crippen LogP contribution in [0.2, 0.25) is 0 Å². The molecule has 180 valence electrons. The number of hydrogen-bond acceptors (Lipinski definition) is 6. The first-order chi connectivity index (χ1) is 16.5. The molecule has 0 aliphatic carbocycles. The van der Waals surface area contributed by atoms with E-state index in [9.17, 15) is 14.4 Å². The number of amides is 1. The van der Waals surface area contributed by atoms with Gasteiger partial charge >= 0.3 is 5.97 Å². The zero-order valence-corrected chi connectivity index (χ0v) is 19.8. The second-order valence-corrected chi connectivity index (χ2v) is 9.02. The van der Waals surface area contributed by atoms with Crippen LogP contribution in [0.5, 0.6) is 5.75 Å². The molecule has 0 aromatic heterocycles. The van der Waals surface area contributed by atoms with Crippen LogP contribution in [0.1, 0.15) is 46.9 Å². The smallest absolute Gasteiger partial charge is 0.302 e. The summed E-state index contributed by atoms with van der Waals surface area (Å²) in [6.45, 7) is 3.93. The Balaban J connectivity index is 1.42. The van der Waals surface area contributed by atoms with Gasteiger partial charge in [0.25, 0.3) is 5.91 Å². The van der Waals surface area contributed by atoms with Gasteiger partial charge in [-0.25, -0.2) is 0 Å². The van der Waals surface area contributed by atoms with Gasteiger partial charge in [-0.2, -0.15) is 0 Å². The number of piperidine rings is 2. The van der Waals surface area contributed by atoms with E-state index in [0.29, 0.717) is 30.6 Å². The highest BCUT2D eigenvalue weighted by Gasteiger charge is 2.39. The zero-order valence-electron chi connectivity index (χ0n) is 19.8. The maximum absolute atomic E-state index is 13.0. The van der Waals surface area contributed by atoms with Crippen LogP contribution in [-0.4, -0.2) is 72.9 Å². The van der Waals surface area contributed by atoms with Gasteiger partial charge in [0.1, 0.15) is 11.9 Å². The summed E-state index contributed by atoms with van der Waals surface area (Å²) in [6.07, 6.45) is 1.82. The highest BCUT2D eigenvalue weighted by molar-refractivity contribution is 5.98. The van der Waals surface area contributed by atoms with Crippen LogP contribution in [0.25, 0.3) is 0 Å². The molecule has 2 aromatic carbocycles. The van der Waals surface area contributed by atoms with Gasteiger partial charge in [0.2, 0.25) is 0 Å². The summed E-state index contributed by atoms with van der Waals surface area (Å²) in [4.78, 5) is 41.9. The summed E-state index contributed by atoms with van der Waals surface area (Å²) in [7, 11) is 1.61. The summed E-state index contributed by atoms with van der Waals surface area (Å²) < 4.78 is 10.8. The van der Waals surface area contributed by atoms with Crippen molar-refractivity contribution in [2.75, 3.05) is 33.3 Å². The number of likely N-dealkylation sites (tertiary alicyclic amines) is 2. The number of carbonyl (C=O) groups is 3. The molecule has 34 heavy (non-hydrogen) atoms. The zero-order chi connectivity index (χ0) is 24.1. The predicted molar refractivity (Wildman–Crippen MR) is 128 cm³/mol. The van der Waals surface area contributed by atoms with Crippen molar-refractivity contribution in [1.82, 2.24) is 9.80 Å². The number of ether oxygens (including phenoxy) is 2. The van der Waals surface area contributed by atoms with Crippen molar-refractivity contribution in [3.8, 4) is 5.75 Å². The fourth-order valence-corrected chi connectivity index (χ4v) is 5.04. The Morgan fingerprint density at radius 1 is 0.853 bits per heavy atom. The lowest BCUT2D eigenvalue weighted by Crippen LogP contribution is -2.59. The van der Waals surface area contributed by atoms with E-state index in [4.69, 9.17) is 9.47 Å². The van der Waals surface area contributed by atoms with E-state index in [-0.39, 0.29) is 35.7 Å². The number of nitrogens with zero attached hydrogens (tertiary/aromatic N) is 2. The lowest BCUT2D eigenvalue weighted by Gasteiger charge is -2.45. The summed E-state index contributed by atoms with van der Waals surface area (Å²) in [5, 5.41) is 0. The minimum absolute atomic E-state index is 0.00329. The van der Waals surface area contributed by atoms with Gasteiger partial charge in [-0.3, -0.25) is 19.3 Å². The van der Waals surface area contributed by atoms with Crippen LogP contribution in [0, 0.1) is 5.92 Å². The van der Waals surface area contributed by atoms with Crippen molar-refractivity contribution in [2.45, 2.75) is 38.3 Å². The fourth-order valence-electron chi connectivity index (χ4n) is 5.04. The van der Waals surface area contributed by atoms with Gasteiger partial charge in [-0.1, -0.05) is 18.2 Å². The molecule has 7 heteroatoms. The first-order valence-electron chi connectivity index (χ1n) is 11.9. The number of Topliss-reactive ketones (excluding diaryl/α,β-unsaturated/α-hetero) is 1. The molecule has 2 unspecified atom stereocenters. The monoisotopic (exact) mass is 464 g/mol. The molecule has 2 aromatic rings. The average Bonchev–Trinajstić information content (AvgIpc) is 2.88. The normalized spacial score (nSPS) is 21.6. The van der Waals surface area contributed by atoms with Gasteiger partial charge in [-0.15, -0.1) is 0 Å². The molecule has 7 nitrogen and oxygen atoms in total. The summed E-state index contributed by atoms with van der Waals surface area (Å²) in [5.41, 5.74) is 1.37. The molecule has 0 radical (unpaired) electrons. The molecule has 2 fully saturated rings. The largest absolute Gasteiger partial charge is 0.497 e. The molecule has 2 atom stereocenters. The molecule has 0 saturated carbocycles. The highest BCUT2D eigenvalue weighted by Crippen LogP contribution is 2.28. The van der Waals surface area contributed by atoms with Gasteiger partial charge in [0, 0.05) is 43.5 Å². The summed E-state index contributed by atoms with van der Waals surface area (Å²) in [6, 6.07) is 16.4. The Morgan fingerprint density at radius 3 is 2.15 bits per heavy atom. The number of benzene rings is 2. The minimum Gasteiger partial charge on any atom is -0.497 e. The van der Waals surface area contributed by atoms with Gasteiger partial charge < -0.3 is 14.4 Å². The van der Waals surface area contributed by atoms with E-state index in [2.05, 4.69) is 4.90 Å². The van der Waals surface area contributed by atoms with Crippen molar-refractivity contribution in [3.05, 3.63) is 65.7 Å². The standard InChI is InChI=1S/C27H32N2O5/c1-19(30)34-25-14-17-29(27(32)22-6-4-3-5-7-22)18-24(25)28-15-12-21(13-16-28)26(31)20-8-10-23(33-2)11-9-20/h3-11,21,24-25H,12-18H2,1-2H3. The van der Waals surface area contributed by atoms with E-state index in [0.717, 1.165) is 31.7 Å². The van der Waals surface area contributed by atoms with Crippen LogP contribution < -0.4 is 4.74 Å². The van der Waals surface area contributed by atoms with Crippen molar-refractivity contribution < 1.29 is 23.9 Å². The third kappa shape index (κ3) is 5.47. The Hall–Kier alpha value is -3.19. The molecule has 4 rings (SSSR count). The van der Waals surface area contributed by atoms with Crippen LogP contribution in [0.3, 0.4) is 0 Å². The third-order valence-electron chi connectivity index (χ3n) is 6.89. The molecule has 0 spiro atoms. The first kappa shape index (κ1) is 24.0. The molecule has 0 N–H and O–H groups in total. The van der Waals surface area contributed by atoms with E-state index in [1.165, 1.54) is 6.92 Å². The van der Waals surface area contributed by atoms with Gasteiger partial charge in [0.05, 0.1) is 13.2 Å². The van der Waals surface area contributed by atoms with E-state index < -0.39 is 0 Å². The predicted octanol–water partition coefficient (Wildman–Crippen LogP) is 3.44. The number of esters is 1. The second-order valence-electron chi connectivity index (χ2n) is 9.02. The van der Waals surface area contributed by atoms with Crippen molar-refractivity contribution in [1.29, 1.82) is 0 Å². The fraction of sp³-hybridized carbons (Fsp3) is 0.444. The molecule has 0 bridgehead atoms. The van der Waals surface area contributed by atoms with E-state index in [1.807, 2.05) is 59.5 Å². The number of carbonyl (C=O) groups excluding carboxylic acids is 3. The lowest BCUT2D eigenvalue weighted by atomic mass is 9.87. The topological polar surface area (TPSA) is 76.2 Å². The number of methoxy groups -OCH3 is 1. The number of hydrogen-bond donors (Lipinski definition) is 0. The summed E-state index contributed by atoms with van der Waals surface area (Å²) in [5.74, 6) is 0.541. The van der Waals surface area contributed by atoms with Crippen molar-refractivity contribution in [3.63, 3.8) is 0 Å². The molecule has 2 aliphatic rings. The van der Waals surface area contributed by atoms with Gasteiger partial charge in [-0.05, 0) is 62.3 Å². The minimum atomic E-state index is -0.303. The Bertz CT molecular complexity index is 999. The first-order valence-corrected chi connectivity index (χ1v) is 11.9.